The lowest BCUT2D eigenvalue weighted by Gasteiger charge is -2.12. The average molecular weight is 413 g/mol. The molecule has 3 rings (SSSR count). The molecule has 0 saturated carbocycles. The minimum atomic E-state index is -0.418. The predicted molar refractivity (Wildman–Crippen MR) is 105 cm³/mol. The summed E-state index contributed by atoms with van der Waals surface area (Å²) >= 11 is 18.5. The largest absolute Gasteiger partial charge is 0.495 e. The Morgan fingerprint density at radius 1 is 1.08 bits per heavy atom. The standard InChI is InChI=1S/C19H16Cl3NO3/c1-3-26-19(24)16-9-12-15(6-7-17(25-2)18(12)22)23(16)10-11-4-5-13(20)14(21)8-11/h4-9H,3,10H2,1-2H3. The molecule has 3 aromatic rings. The zero-order valence-electron chi connectivity index (χ0n) is 14.2. The van der Waals surface area contributed by atoms with Crippen molar-refractivity contribution in [2.45, 2.75) is 13.5 Å². The van der Waals surface area contributed by atoms with Crippen LogP contribution in [0.25, 0.3) is 10.9 Å². The Hall–Kier alpha value is -1.88. The van der Waals surface area contributed by atoms with Gasteiger partial charge in [-0.15, -0.1) is 0 Å². The molecule has 0 fully saturated rings. The highest BCUT2D eigenvalue weighted by atomic mass is 35.5. The molecular formula is C19H16Cl3NO3. The van der Waals surface area contributed by atoms with Crippen LogP contribution in [0.1, 0.15) is 23.0 Å². The molecule has 0 radical (unpaired) electrons. The highest BCUT2D eigenvalue weighted by Crippen LogP contribution is 2.35. The Kier molecular flexibility index (Phi) is 5.66. The summed E-state index contributed by atoms with van der Waals surface area (Å²) in [6.07, 6.45) is 0. The van der Waals surface area contributed by atoms with E-state index in [1.54, 1.807) is 38.3 Å². The minimum Gasteiger partial charge on any atom is -0.495 e. The number of rotatable bonds is 5. The maximum Gasteiger partial charge on any atom is 0.354 e. The molecule has 136 valence electrons. The van der Waals surface area contributed by atoms with Gasteiger partial charge in [0.15, 0.2) is 0 Å². The molecule has 0 aliphatic carbocycles. The number of methoxy groups -OCH3 is 1. The summed E-state index contributed by atoms with van der Waals surface area (Å²) in [5, 5.41) is 2.10. The third-order valence-electron chi connectivity index (χ3n) is 4.01. The van der Waals surface area contributed by atoms with Crippen molar-refractivity contribution in [1.29, 1.82) is 0 Å². The molecule has 0 unspecified atom stereocenters. The molecule has 0 atom stereocenters. The highest BCUT2D eigenvalue weighted by molar-refractivity contribution is 6.42. The van der Waals surface area contributed by atoms with Crippen LogP contribution in [0.4, 0.5) is 0 Å². The minimum absolute atomic E-state index is 0.282. The van der Waals surface area contributed by atoms with Crippen LogP contribution in [0.5, 0.6) is 5.75 Å². The van der Waals surface area contributed by atoms with E-state index in [1.807, 2.05) is 16.7 Å². The maximum absolute atomic E-state index is 12.4. The number of carbonyl (C=O) groups excluding carboxylic acids is 1. The van der Waals surface area contributed by atoms with Crippen molar-refractivity contribution in [3.8, 4) is 5.75 Å². The van der Waals surface area contributed by atoms with E-state index in [2.05, 4.69) is 0 Å². The van der Waals surface area contributed by atoms with Crippen molar-refractivity contribution in [1.82, 2.24) is 4.57 Å². The van der Waals surface area contributed by atoms with Crippen molar-refractivity contribution in [3.63, 3.8) is 0 Å². The number of halogens is 3. The molecule has 1 aromatic heterocycles. The molecule has 0 bridgehead atoms. The second kappa shape index (κ2) is 7.78. The van der Waals surface area contributed by atoms with E-state index in [0.717, 1.165) is 11.1 Å². The summed E-state index contributed by atoms with van der Waals surface area (Å²) in [5.74, 6) is 0.125. The summed E-state index contributed by atoms with van der Waals surface area (Å²) < 4.78 is 12.3. The lowest BCUT2D eigenvalue weighted by Crippen LogP contribution is -2.12. The number of ether oxygens (including phenoxy) is 2. The molecular weight excluding hydrogens is 397 g/mol. The first-order chi connectivity index (χ1) is 12.5. The molecule has 0 amide bonds. The number of fused-ring (bicyclic) bond motifs is 1. The van der Waals surface area contributed by atoms with E-state index in [1.165, 1.54) is 0 Å². The number of benzene rings is 2. The van der Waals surface area contributed by atoms with E-state index in [4.69, 9.17) is 44.3 Å². The van der Waals surface area contributed by atoms with Crippen LogP contribution in [0.3, 0.4) is 0 Å². The monoisotopic (exact) mass is 411 g/mol. The average Bonchev–Trinajstić information content (AvgIpc) is 2.98. The van der Waals surface area contributed by atoms with Crippen LogP contribution in [0.15, 0.2) is 36.4 Å². The SMILES string of the molecule is CCOC(=O)c1cc2c(Cl)c(OC)ccc2n1Cc1ccc(Cl)c(Cl)c1. The molecule has 2 aromatic carbocycles. The van der Waals surface area contributed by atoms with Crippen LogP contribution in [0.2, 0.25) is 15.1 Å². The Morgan fingerprint density at radius 3 is 2.50 bits per heavy atom. The summed E-state index contributed by atoms with van der Waals surface area (Å²) in [5.41, 5.74) is 2.10. The van der Waals surface area contributed by atoms with Crippen LogP contribution in [0, 0.1) is 0 Å². The molecule has 7 heteroatoms. The van der Waals surface area contributed by atoms with Gasteiger partial charge in [0.1, 0.15) is 11.4 Å². The molecule has 0 aliphatic rings. The van der Waals surface area contributed by atoms with Crippen LogP contribution in [-0.4, -0.2) is 24.3 Å². The van der Waals surface area contributed by atoms with Gasteiger partial charge < -0.3 is 14.0 Å². The molecule has 4 nitrogen and oxygen atoms in total. The highest BCUT2D eigenvalue weighted by Gasteiger charge is 2.20. The van der Waals surface area contributed by atoms with Gasteiger partial charge in [-0.2, -0.15) is 0 Å². The normalized spacial score (nSPS) is 11.0. The number of nitrogens with zero attached hydrogens (tertiary/aromatic N) is 1. The van der Waals surface area contributed by atoms with Gasteiger partial charge in [0.05, 0.1) is 34.3 Å². The first-order valence-corrected chi connectivity index (χ1v) is 9.06. The van der Waals surface area contributed by atoms with Crippen molar-refractivity contribution in [3.05, 3.63) is 62.7 Å². The molecule has 0 spiro atoms. The van der Waals surface area contributed by atoms with Crippen LogP contribution >= 0.6 is 34.8 Å². The van der Waals surface area contributed by atoms with Gasteiger partial charge in [0.2, 0.25) is 0 Å². The fourth-order valence-corrected chi connectivity index (χ4v) is 3.41. The fraction of sp³-hybridized carbons (Fsp3) is 0.211. The van der Waals surface area contributed by atoms with Crippen LogP contribution in [-0.2, 0) is 11.3 Å². The van der Waals surface area contributed by atoms with E-state index >= 15 is 0 Å². The zero-order valence-corrected chi connectivity index (χ0v) is 16.5. The second-order valence-corrected chi connectivity index (χ2v) is 6.79. The maximum atomic E-state index is 12.4. The molecule has 1 heterocycles. The van der Waals surface area contributed by atoms with Gasteiger partial charge in [0, 0.05) is 11.9 Å². The van der Waals surface area contributed by atoms with Gasteiger partial charge in [-0.3, -0.25) is 0 Å². The lowest BCUT2D eigenvalue weighted by atomic mass is 10.2. The zero-order chi connectivity index (χ0) is 18.8. The summed E-state index contributed by atoms with van der Waals surface area (Å²) in [6, 6.07) is 10.7. The first kappa shape index (κ1) is 18.9. The lowest BCUT2D eigenvalue weighted by molar-refractivity contribution is 0.0515. The third-order valence-corrected chi connectivity index (χ3v) is 5.14. The van der Waals surface area contributed by atoms with Crippen molar-refractivity contribution < 1.29 is 14.3 Å². The van der Waals surface area contributed by atoms with Gasteiger partial charge in [-0.05, 0) is 42.8 Å². The summed E-state index contributed by atoms with van der Waals surface area (Å²) in [6.45, 7) is 2.46. The topological polar surface area (TPSA) is 40.5 Å². The van der Waals surface area contributed by atoms with Crippen molar-refractivity contribution in [2.24, 2.45) is 0 Å². The van der Waals surface area contributed by atoms with E-state index in [-0.39, 0.29) is 6.61 Å². The van der Waals surface area contributed by atoms with Gasteiger partial charge in [-0.1, -0.05) is 40.9 Å². The molecule has 0 aliphatic heterocycles. The number of hydrogen-bond donors (Lipinski definition) is 0. The predicted octanol–water partition coefficient (Wildman–Crippen LogP) is 5.84. The van der Waals surface area contributed by atoms with E-state index < -0.39 is 5.97 Å². The van der Waals surface area contributed by atoms with Gasteiger partial charge in [-0.25, -0.2) is 4.79 Å². The van der Waals surface area contributed by atoms with Gasteiger partial charge in [0.25, 0.3) is 0 Å². The third kappa shape index (κ3) is 3.50. The summed E-state index contributed by atoms with van der Waals surface area (Å²) in [7, 11) is 1.55. The fourth-order valence-electron chi connectivity index (χ4n) is 2.80. The molecule has 0 saturated heterocycles. The molecule has 26 heavy (non-hydrogen) atoms. The van der Waals surface area contributed by atoms with Gasteiger partial charge >= 0.3 is 5.97 Å². The second-order valence-electron chi connectivity index (χ2n) is 5.60. The number of aromatic nitrogens is 1. The Morgan fingerprint density at radius 2 is 1.85 bits per heavy atom. The quantitative estimate of drug-likeness (QED) is 0.495. The number of esters is 1. The molecule has 0 N–H and O–H groups in total. The van der Waals surface area contributed by atoms with Crippen molar-refractivity contribution in [2.75, 3.05) is 13.7 Å². The first-order valence-electron chi connectivity index (χ1n) is 7.93. The number of carbonyl (C=O) groups is 1. The summed E-state index contributed by atoms with van der Waals surface area (Å²) in [4.78, 5) is 12.4. The Bertz CT molecular complexity index is 982. The van der Waals surface area contributed by atoms with E-state index in [0.29, 0.717) is 38.4 Å². The van der Waals surface area contributed by atoms with Crippen molar-refractivity contribution >= 4 is 51.7 Å². The Balaban J connectivity index is 2.16. The van der Waals surface area contributed by atoms with E-state index in [9.17, 15) is 4.79 Å². The smallest absolute Gasteiger partial charge is 0.354 e. The Labute approximate surface area is 166 Å². The number of hydrogen-bond acceptors (Lipinski definition) is 3. The van der Waals surface area contributed by atoms with Crippen LogP contribution < -0.4 is 4.74 Å².